The smallest absolute Gasteiger partial charge is 0.227 e. The van der Waals surface area contributed by atoms with Gasteiger partial charge in [-0.25, -0.2) is 4.98 Å². The van der Waals surface area contributed by atoms with Crippen molar-refractivity contribution >= 4 is 22.7 Å². The molecule has 0 aliphatic heterocycles. The molecule has 0 amide bonds. The van der Waals surface area contributed by atoms with Crippen molar-refractivity contribution in [1.29, 1.82) is 0 Å². The summed E-state index contributed by atoms with van der Waals surface area (Å²) >= 11 is 0. The Balaban J connectivity index is 2.46. The van der Waals surface area contributed by atoms with Gasteiger partial charge < -0.3 is 16.4 Å². The maximum atomic E-state index is 6.04. The van der Waals surface area contributed by atoms with E-state index in [1.807, 2.05) is 18.0 Å². The topological polar surface area (TPSA) is 81.1 Å². The zero-order chi connectivity index (χ0) is 14.0. The molecule has 0 spiro atoms. The maximum absolute atomic E-state index is 6.04. The lowest BCUT2D eigenvalue weighted by atomic mass is 10.1. The number of rotatable bonds is 4. The van der Waals surface area contributed by atoms with Crippen LogP contribution >= 0.6 is 0 Å². The molecule has 0 aliphatic carbocycles. The number of benzene rings is 1. The molecule has 0 unspecified atom stereocenters. The van der Waals surface area contributed by atoms with Gasteiger partial charge in [-0.2, -0.15) is 4.98 Å². The van der Waals surface area contributed by atoms with Crippen molar-refractivity contribution in [3.63, 3.8) is 0 Å². The second-order valence-electron chi connectivity index (χ2n) is 4.93. The van der Waals surface area contributed by atoms with E-state index in [-0.39, 0.29) is 0 Å². The Bertz CT molecular complexity index is 594. The zero-order valence-corrected chi connectivity index (χ0v) is 11.8. The first-order valence-electron chi connectivity index (χ1n) is 6.48. The van der Waals surface area contributed by atoms with E-state index in [9.17, 15) is 0 Å². The first kappa shape index (κ1) is 13.5. The number of hydrogen-bond donors (Lipinski definition) is 2. The summed E-state index contributed by atoms with van der Waals surface area (Å²) in [6.07, 6.45) is 0.907. The van der Waals surface area contributed by atoms with Crippen LogP contribution in [0.1, 0.15) is 17.5 Å². The summed E-state index contributed by atoms with van der Waals surface area (Å²) < 4.78 is 0. The van der Waals surface area contributed by atoms with Crippen LogP contribution in [-0.4, -0.2) is 30.1 Å². The average Bonchev–Trinajstić information content (AvgIpc) is 2.38. The van der Waals surface area contributed by atoms with Crippen LogP contribution in [0, 0.1) is 13.8 Å². The van der Waals surface area contributed by atoms with Gasteiger partial charge in [0.05, 0.1) is 5.52 Å². The molecule has 2 rings (SSSR count). The van der Waals surface area contributed by atoms with Gasteiger partial charge in [-0.1, -0.05) is 0 Å². The number of hydrogen-bond acceptors (Lipinski definition) is 5. The van der Waals surface area contributed by atoms with E-state index in [0.717, 1.165) is 23.9 Å². The lowest BCUT2D eigenvalue weighted by Crippen LogP contribution is -2.23. The summed E-state index contributed by atoms with van der Waals surface area (Å²) in [7, 11) is 1.96. The van der Waals surface area contributed by atoms with Crippen molar-refractivity contribution in [3.8, 4) is 0 Å². The normalized spacial score (nSPS) is 10.9. The molecule has 2 aromatic rings. The highest BCUT2D eigenvalue weighted by Gasteiger charge is 2.10. The largest absolute Gasteiger partial charge is 0.383 e. The van der Waals surface area contributed by atoms with E-state index >= 15 is 0 Å². The van der Waals surface area contributed by atoms with Crippen LogP contribution in [-0.2, 0) is 0 Å². The quantitative estimate of drug-likeness (QED) is 0.872. The summed E-state index contributed by atoms with van der Waals surface area (Å²) in [6, 6.07) is 4.10. The molecule has 1 aromatic heterocycles. The summed E-state index contributed by atoms with van der Waals surface area (Å²) in [4.78, 5) is 10.9. The van der Waals surface area contributed by atoms with Gasteiger partial charge in [0.15, 0.2) is 0 Å². The molecule has 0 atom stereocenters. The van der Waals surface area contributed by atoms with Gasteiger partial charge in [-0.05, 0) is 50.1 Å². The van der Waals surface area contributed by atoms with Crippen molar-refractivity contribution in [2.75, 3.05) is 30.8 Å². The van der Waals surface area contributed by atoms with Gasteiger partial charge in [0.25, 0.3) is 0 Å². The Morgan fingerprint density at radius 2 is 1.84 bits per heavy atom. The van der Waals surface area contributed by atoms with Crippen LogP contribution in [0.15, 0.2) is 12.1 Å². The first-order valence-corrected chi connectivity index (χ1v) is 6.48. The molecule has 102 valence electrons. The Hall–Kier alpha value is -1.88. The second kappa shape index (κ2) is 5.40. The number of fused-ring (bicyclic) bond motifs is 1. The molecule has 0 bridgehead atoms. The first-order chi connectivity index (χ1) is 9.02. The van der Waals surface area contributed by atoms with Crippen molar-refractivity contribution in [2.45, 2.75) is 20.3 Å². The van der Waals surface area contributed by atoms with Gasteiger partial charge in [0.1, 0.15) is 5.82 Å². The summed E-state index contributed by atoms with van der Waals surface area (Å²) in [5.41, 5.74) is 14.9. The lowest BCUT2D eigenvalue weighted by Gasteiger charge is -2.17. The third-order valence-electron chi connectivity index (χ3n) is 3.37. The van der Waals surface area contributed by atoms with Gasteiger partial charge in [0, 0.05) is 19.0 Å². The number of aromatic nitrogens is 2. The van der Waals surface area contributed by atoms with Crippen LogP contribution in [0.5, 0.6) is 0 Å². The molecular formula is C14H21N5. The fourth-order valence-corrected chi connectivity index (χ4v) is 2.00. The predicted octanol–water partition coefficient (Wildman–Crippen LogP) is 1.61. The van der Waals surface area contributed by atoms with E-state index in [4.69, 9.17) is 11.5 Å². The molecule has 0 saturated carbocycles. The van der Waals surface area contributed by atoms with Gasteiger partial charge in [-0.15, -0.1) is 0 Å². The highest BCUT2D eigenvalue weighted by Crippen LogP contribution is 2.24. The summed E-state index contributed by atoms with van der Waals surface area (Å²) in [5, 5.41) is 0.916. The molecule has 5 nitrogen and oxygen atoms in total. The minimum Gasteiger partial charge on any atom is -0.383 e. The summed E-state index contributed by atoms with van der Waals surface area (Å²) in [5.74, 6) is 1.18. The van der Waals surface area contributed by atoms with Gasteiger partial charge >= 0.3 is 0 Å². The highest BCUT2D eigenvalue weighted by molar-refractivity contribution is 5.90. The Morgan fingerprint density at radius 3 is 2.53 bits per heavy atom. The van der Waals surface area contributed by atoms with Crippen molar-refractivity contribution in [1.82, 2.24) is 9.97 Å². The molecule has 19 heavy (non-hydrogen) atoms. The third kappa shape index (κ3) is 2.76. The van der Waals surface area contributed by atoms with Crippen molar-refractivity contribution < 1.29 is 0 Å². The average molecular weight is 259 g/mol. The molecule has 0 radical (unpaired) electrons. The van der Waals surface area contributed by atoms with E-state index in [1.54, 1.807) is 0 Å². The zero-order valence-electron chi connectivity index (χ0n) is 11.8. The standard InChI is InChI=1S/C14H21N5/c1-9-7-11-12(8-10(9)2)17-14(18-13(11)16)19(3)6-4-5-15/h7-8H,4-6,15H2,1-3H3,(H2,16,17,18). The van der Waals surface area contributed by atoms with E-state index in [0.29, 0.717) is 18.3 Å². The molecule has 1 heterocycles. The van der Waals surface area contributed by atoms with E-state index < -0.39 is 0 Å². The lowest BCUT2D eigenvalue weighted by molar-refractivity contribution is 0.778. The molecule has 0 saturated heterocycles. The Labute approximate surface area is 113 Å². The highest BCUT2D eigenvalue weighted by atomic mass is 15.2. The number of aryl methyl sites for hydroxylation is 2. The minimum absolute atomic E-state index is 0.530. The molecule has 4 N–H and O–H groups in total. The van der Waals surface area contributed by atoms with Crippen LogP contribution in [0.2, 0.25) is 0 Å². The summed E-state index contributed by atoms with van der Waals surface area (Å²) in [6.45, 7) is 5.62. The fraction of sp³-hybridized carbons (Fsp3) is 0.429. The maximum Gasteiger partial charge on any atom is 0.227 e. The molecular weight excluding hydrogens is 238 g/mol. The molecule has 1 aromatic carbocycles. The number of anilines is 2. The Morgan fingerprint density at radius 1 is 1.16 bits per heavy atom. The van der Waals surface area contributed by atoms with Crippen LogP contribution in [0.4, 0.5) is 11.8 Å². The second-order valence-corrected chi connectivity index (χ2v) is 4.93. The van der Waals surface area contributed by atoms with Crippen LogP contribution in [0.3, 0.4) is 0 Å². The van der Waals surface area contributed by atoms with Gasteiger partial charge in [0.2, 0.25) is 5.95 Å². The van der Waals surface area contributed by atoms with Crippen LogP contribution in [0.25, 0.3) is 10.9 Å². The van der Waals surface area contributed by atoms with Crippen molar-refractivity contribution in [3.05, 3.63) is 23.3 Å². The van der Waals surface area contributed by atoms with E-state index in [1.165, 1.54) is 11.1 Å². The molecule has 0 aliphatic rings. The van der Waals surface area contributed by atoms with E-state index in [2.05, 4.69) is 29.9 Å². The van der Waals surface area contributed by atoms with Crippen molar-refractivity contribution in [2.24, 2.45) is 5.73 Å². The van der Waals surface area contributed by atoms with Gasteiger partial charge in [-0.3, -0.25) is 0 Å². The van der Waals surface area contributed by atoms with Crippen LogP contribution < -0.4 is 16.4 Å². The Kier molecular flexibility index (Phi) is 3.85. The number of nitrogens with two attached hydrogens (primary N) is 2. The number of nitrogens with zero attached hydrogens (tertiary/aromatic N) is 3. The third-order valence-corrected chi connectivity index (χ3v) is 3.37. The SMILES string of the molecule is Cc1cc2nc(N(C)CCCN)nc(N)c2cc1C. The number of nitrogen functional groups attached to an aromatic ring is 1. The molecule has 0 fully saturated rings. The fourth-order valence-electron chi connectivity index (χ4n) is 2.00. The minimum atomic E-state index is 0.530. The molecule has 5 heteroatoms. The predicted molar refractivity (Wildman–Crippen MR) is 80.4 cm³/mol. The monoisotopic (exact) mass is 259 g/mol.